The lowest BCUT2D eigenvalue weighted by Crippen LogP contribution is -2.31. The Balaban J connectivity index is 1.65. The van der Waals surface area contributed by atoms with Gasteiger partial charge in [-0.15, -0.1) is 0 Å². The SMILES string of the molecule is O=C(COc1ccc(S(=O)(=O)N2CCCCCC2)cc1)Nc1cc(C(F)(F)F)cc(C(F)(F)F)c1. The first-order chi connectivity index (χ1) is 16.3. The molecule has 2 aromatic rings. The number of carbonyl (C=O) groups is 1. The fraction of sp³-hybridized carbons (Fsp3) is 0.409. The van der Waals surface area contributed by atoms with Gasteiger partial charge in [-0.3, -0.25) is 4.79 Å². The second kappa shape index (κ2) is 10.4. The van der Waals surface area contributed by atoms with Crippen molar-refractivity contribution < 1.29 is 44.3 Å². The number of sulfonamides is 1. The van der Waals surface area contributed by atoms with Crippen LogP contribution in [-0.4, -0.2) is 38.3 Å². The van der Waals surface area contributed by atoms with Crippen molar-refractivity contribution >= 4 is 21.6 Å². The van der Waals surface area contributed by atoms with E-state index in [0.29, 0.717) is 25.2 Å². The van der Waals surface area contributed by atoms with Crippen molar-refractivity contribution in [2.45, 2.75) is 42.9 Å². The van der Waals surface area contributed by atoms with E-state index in [1.807, 2.05) is 5.32 Å². The predicted octanol–water partition coefficient (Wildman–Crippen LogP) is 5.31. The third-order valence-electron chi connectivity index (χ3n) is 5.27. The Labute approximate surface area is 197 Å². The summed E-state index contributed by atoms with van der Waals surface area (Å²) in [7, 11) is -3.69. The van der Waals surface area contributed by atoms with E-state index in [4.69, 9.17) is 4.74 Å². The van der Waals surface area contributed by atoms with Crippen molar-refractivity contribution in [3.8, 4) is 5.75 Å². The quantitative estimate of drug-likeness (QED) is 0.520. The number of rotatable bonds is 6. The van der Waals surface area contributed by atoms with Crippen molar-refractivity contribution in [3.63, 3.8) is 0 Å². The predicted molar refractivity (Wildman–Crippen MR) is 114 cm³/mol. The van der Waals surface area contributed by atoms with Crippen molar-refractivity contribution in [1.82, 2.24) is 4.31 Å². The fourth-order valence-corrected chi connectivity index (χ4v) is 5.03. The van der Waals surface area contributed by atoms with Crippen LogP contribution in [-0.2, 0) is 27.2 Å². The Kier molecular flexibility index (Phi) is 8.00. The molecule has 1 N–H and O–H groups in total. The van der Waals surface area contributed by atoms with Gasteiger partial charge in [-0.25, -0.2) is 8.42 Å². The van der Waals surface area contributed by atoms with E-state index in [-0.39, 0.29) is 16.7 Å². The molecule has 1 fully saturated rings. The summed E-state index contributed by atoms with van der Waals surface area (Å²) in [6, 6.07) is 5.94. The maximum atomic E-state index is 12.9. The highest BCUT2D eigenvalue weighted by atomic mass is 32.2. The van der Waals surface area contributed by atoms with Crippen LogP contribution in [0.4, 0.5) is 32.0 Å². The van der Waals surface area contributed by atoms with Crippen LogP contribution >= 0.6 is 0 Å². The van der Waals surface area contributed by atoms with Crippen LogP contribution in [0.1, 0.15) is 36.8 Å². The second-order valence-electron chi connectivity index (χ2n) is 7.92. The lowest BCUT2D eigenvalue weighted by Gasteiger charge is -2.20. The molecule has 0 spiro atoms. The fourth-order valence-electron chi connectivity index (χ4n) is 3.51. The Morgan fingerprint density at radius 1 is 0.857 bits per heavy atom. The summed E-state index contributed by atoms with van der Waals surface area (Å²) in [4.78, 5) is 12.1. The monoisotopic (exact) mass is 524 g/mol. The van der Waals surface area contributed by atoms with Crippen LogP contribution in [0.15, 0.2) is 47.4 Å². The first-order valence-electron chi connectivity index (χ1n) is 10.6. The van der Waals surface area contributed by atoms with Crippen molar-refractivity contribution in [1.29, 1.82) is 0 Å². The molecule has 3 rings (SSSR count). The first kappa shape index (κ1) is 26.8. The molecular formula is C22H22F6N2O4S. The maximum Gasteiger partial charge on any atom is 0.416 e. The molecule has 1 heterocycles. The lowest BCUT2D eigenvalue weighted by molar-refractivity contribution is -0.143. The third kappa shape index (κ3) is 7.10. The zero-order chi connectivity index (χ0) is 25.9. The average molecular weight is 524 g/mol. The van der Waals surface area contributed by atoms with E-state index in [9.17, 15) is 39.6 Å². The molecule has 13 heteroatoms. The minimum absolute atomic E-state index is 0.0415. The standard InChI is InChI=1S/C22H22F6N2O4S/c23-21(24,25)15-11-16(22(26,27)28)13-17(12-15)29-20(31)14-34-18-5-7-19(8-6-18)35(32,33)30-9-3-1-2-4-10-30/h5-8,11-13H,1-4,9-10,14H2,(H,29,31). The van der Waals surface area contributed by atoms with Crippen molar-refractivity contribution in [2.75, 3.05) is 25.0 Å². The lowest BCUT2D eigenvalue weighted by atomic mass is 10.1. The summed E-state index contributed by atoms with van der Waals surface area (Å²) in [5, 5.41) is 1.96. The molecule has 35 heavy (non-hydrogen) atoms. The molecule has 192 valence electrons. The number of hydrogen-bond acceptors (Lipinski definition) is 4. The number of nitrogens with zero attached hydrogens (tertiary/aromatic N) is 1. The molecule has 0 bridgehead atoms. The maximum absolute atomic E-state index is 12.9. The highest BCUT2D eigenvalue weighted by Crippen LogP contribution is 2.37. The van der Waals surface area contributed by atoms with E-state index in [1.165, 1.54) is 28.6 Å². The van der Waals surface area contributed by atoms with Crippen LogP contribution in [0, 0.1) is 0 Å². The Morgan fingerprint density at radius 3 is 1.86 bits per heavy atom. The number of benzene rings is 2. The number of alkyl halides is 6. The number of nitrogens with one attached hydrogen (secondary N) is 1. The van der Waals surface area contributed by atoms with Gasteiger partial charge >= 0.3 is 12.4 Å². The van der Waals surface area contributed by atoms with E-state index in [1.54, 1.807) is 0 Å². The van der Waals surface area contributed by atoms with Gasteiger partial charge in [0.25, 0.3) is 5.91 Å². The number of carbonyl (C=O) groups excluding carboxylic acids is 1. The van der Waals surface area contributed by atoms with Crippen LogP contribution < -0.4 is 10.1 Å². The third-order valence-corrected chi connectivity index (χ3v) is 7.18. The smallest absolute Gasteiger partial charge is 0.416 e. The van der Waals surface area contributed by atoms with Crippen molar-refractivity contribution in [3.05, 3.63) is 53.6 Å². The van der Waals surface area contributed by atoms with E-state index in [0.717, 1.165) is 25.7 Å². The van der Waals surface area contributed by atoms with Gasteiger partial charge in [0.15, 0.2) is 6.61 Å². The minimum atomic E-state index is -5.05. The average Bonchev–Trinajstić information content (AvgIpc) is 3.07. The van der Waals surface area contributed by atoms with Crippen molar-refractivity contribution in [2.24, 2.45) is 0 Å². The number of anilines is 1. The van der Waals surface area contributed by atoms with Crippen LogP contribution in [0.25, 0.3) is 0 Å². The molecule has 0 saturated carbocycles. The molecule has 0 atom stereocenters. The topological polar surface area (TPSA) is 75.7 Å². The molecule has 1 aliphatic heterocycles. The number of halogens is 6. The number of amides is 1. The summed E-state index contributed by atoms with van der Waals surface area (Å²) in [5.41, 5.74) is -3.82. The molecule has 6 nitrogen and oxygen atoms in total. The zero-order valence-electron chi connectivity index (χ0n) is 18.2. The summed E-state index contributed by atoms with van der Waals surface area (Å²) in [6.45, 7) is 0.120. The molecule has 2 aromatic carbocycles. The molecule has 0 aromatic heterocycles. The van der Waals surface area contributed by atoms with Gasteiger partial charge in [0, 0.05) is 18.8 Å². The molecule has 1 saturated heterocycles. The number of hydrogen-bond donors (Lipinski definition) is 1. The Hall–Kier alpha value is -2.80. The molecule has 0 radical (unpaired) electrons. The van der Waals surface area contributed by atoms with E-state index in [2.05, 4.69) is 0 Å². The summed E-state index contributed by atoms with van der Waals surface area (Å²) in [5.74, 6) is -0.909. The second-order valence-corrected chi connectivity index (χ2v) is 9.86. The number of ether oxygens (including phenoxy) is 1. The Bertz CT molecular complexity index is 1110. The van der Waals surface area contributed by atoms with Gasteiger partial charge in [-0.1, -0.05) is 12.8 Å². The zero-order valence-corrected chi connectivity index (χ0v) is 19.1. The van der Waals surface area contributed by atoms with Crippen LogP contribution in [0.2, 0.25) is 0 Å². The summed E-state index contributed by atoms with van der Waals surface area (Å²) >= 11 is 0. The van der Waals surface area contributed by atoms with Gasteiger partial charge in [0.05, 0.1) is 16.0 Å². The summed E-state index contributed by atoms with van der Waals surface area (Å²) < 4.78 is 110. The minimum Gasteiger partial charge on any atom is -0.484 e. The normalized spacial score (nSPS) is 15.9. The molecular weight excluding hydrogens is 502 g/mol. The van der Waals surface area contributed by atoms with E-state index >= 15 is 0 Å². The van der Waals surface area contributed by atoms with Gasteiger partial charge in [-0.2, -0.15) is 30.6 Å². The molecule has 0 unspecified atom stereocenters. The largest absolute Gasteiger partial charge is 0.484 e. The van der Waals surface area contributed by atoms with Gasteiger partial charge < -0.3 is 10.1 Å². The molecule has 1 aliphatic rings. The molecule has 0 aliphatic carbocycles. The van der Waals surface area contributed by atoms with E-state index < -0.39 is 51.7 Å². The van der Waals surface area contributed by atoms with Gasteiger partial charge in [-0.05, 0) is 55.3 Å². The van der Waals surface area contributed by atoms with Gasteiger partial charge in [0.1, 0.15) is 5.75 Å². The molecule has 1 amide bonds. The van der Waals surface area contributed by atoms with Gasteiger partial charge in [0.2, 0.25) is 10.0 Å². The van der Waals surface area contributed by atoms with Crippen LogP contribution in [0.5, 0.6) is 5.75 Å². The Morgan fingerprint density at radius 2 is 1.37 bits per heavy atom. The summed E-state index contributed by atoms with van der Waals surface area (Å²) in [6.07, 6.45) is -6.64. The highest BCUT2D eigenvalue weighted by Gasteiger charge is 2.37. The highest BCUT2D eigenvalue weighted by molar-refractivity contribution is 7.89. The first-order valence-corrected chi connectivity index (χ1v) is 12.0. The van der Waals surface area contributed by atoms with Crippen LogP contribution in [0.3, 0.4) is 0 Å².